The molecule has 7 heteroatoms. The normalized spacial score (nSPS) is 11.4. The summed E-state index contributed by atoms with van der Waals surface area (Å²) in [6, 6.07) is 7.67. The Kier molecular flexibility index (Phi) is 4.37. The number of sulfonamides is 1. The molecule has 3 N–H and O–H groups in total. The van der Waals surface area contributed by atoms with Crippen LogP contribution in [0.15, 0.2) is 35.2 Å². The van der Waals surface area contributed by atoms with Gasteiger partial charge in [0.1, 0.15) is 4.90 Å². The van der Waals surface area contributed by atoms with Gasteiger partial charge in [-0.25, -0.2) is 8.42 Å². The Labute approximate surface area is 133 Å². The number of hydrogen-bond acceptors (Lipinski definition) is 3. The van der Waals surface area contributed by atoms with Crippen LogP contribution >= 0.6 is 23.2 Å². The number of benzene rings is 2. The molecule has 2 rings (SSSR count). The van der Waals surface area contributed by atoms with Crippen LogP contribution in [0.3, 0.4) is 0 Å². The maximum Gasteiger partial charge on any atom is 0.263 e. The van der Waals surface area contributed by atoms with Crippen LogP contribution in [-0.4, -0.2) is 8.42 Å². The third-order valence-corrected chi connectivity index (χ3v) is 5.12. The van der Waals surface area contributed by atoms with Crippen LogP contribution in [0.25, 0.3) is 0 Å². The fraction of sp³-hybridized carbons (Fsp3) is 0.143. The molecule has 0 aliphatic rings. The predicted octanol–water partition coefficient (Wildman–Crippen LogP) is 3.99. The van der Waals surface area contributed by atoms with Crippen LogP contribution in [-0.2, 0) is 10.0 Å². The number of nitrogen functional groups attached to an aromatic ring is 1. The lowest BCUT2D eigenvalue weighted by Crippen LogP contribution is -2.14. The minimum atomic E-state index is -3.84. The molecule has 2 aromatic carbocycles. The van der Waals surface area contributed by atoms with Gasteiger partial charge in [-0.2, -0.15) is 0 Å². The van der Waals surface area contributed by atoms with Crippen LogP contribution in [0.2, 0.25) is 10.0 Å². The molecule has 0 aliphatic carbocycles. The highest BCUT2D eigenvalue weighted by Crippen LogP contribution is 2.29. The third-order valence-electron chi connectivity index (χ3n) is 3.04. The smallest absolute Gasteiger partial charge is 0.263 e. The summed E-state index contributed by atoms with van der Waals surface area (Å²) in [7, 11) is -3.84. The Morgan fingerprint density at radius 1 is 1.05 bits per heavy atom. The van der Waals surface area contributed by atoms with Gasteiger partial charge in [-0.05, 0) is 49.2 Å². The van der Waals surface area contributed by atoms with E-state index >= 15 is 0 Å². The SMILES string of the molecule is Cc1cc(C)c(NS(=O)(=O)c2cc(Cl)ccc2Cl)cc1N. The Bertz CT molecular complexity index is 805. The lowest BCUT2D eigenvalue weighted by atomic mass is 10.1. The van der Waals surface area contributed by atoms with Crippen LogP contribution in [0.4, 0.5) is 11.4 Å². The van der Waals surface area contributed by atoms with E-state index in [-0.39, 0.29) is 9.92 Å². The number of anilines is 2. The number of nitrogens with two attached hydrogens (primary N) is 1. The zero-order valence-electron chi connectivity index (χ0n) is 11.4. The molecule has 0 atom stereocenters. The summed E-state index contributed by atoms with van der Waals surface area (Å²) in [6.07, 6.45) is 0. The van der Waals surface area contributed by atoms with Gasteiger partial charge in [0.2, 0.25) is 0 Å². The average Bonchev–Trinajstić information content (AvgIpc) is 2.38. The van der Waals surface area contributed by atoms with Crippen LogP contribution < -0.4 is 10.5 Å². The third kappa shape index (κ3) is 3.43. The molecule has 0 unspecified atom stereocenters. The zero-order valence-corrected chi connectivity index (χ0v) is 13.8. The molecule has 0 saturated carbocycles. The van der Waals surface area contributed by atoms with Crippen molar-refractivity contribution in [2.24, 2.45) is 0 Å². The monoisotopic (exact) mass is 344 g/mol. The van der Waals surface area contributed by atoms with Gasteiger partial charge >= 0.3 is 0 Å². The summed E-state index contributed by atoms with van der Waals surface area (Å²) >= 11 is 11.8. The molecule has 0 saturated heterocycles. The van der Waals surface area contributed by atoms with Crippen molar-refractivity contribution in [1.82, 2.24) is 0 Å². The molecule has 0 amide bonds. The van der Waals surface area contributed by atoms with Crippen molar-refractivity contribution in [3.05, 3.63) is 51.5 Å². The summed E-state index contributed by atoms with van der Waals surface area (Å²) in [5.41, 5.74) is 8.39. The van der Waals surface area contributed by atoms with Gasteiger partial charge in [-0.3, -0.25) is 4.72 Å². The van der Waals surface area contributed by atoms with E-state index in [0.29, 0.717) is 16.4 Å². The predicted molar refractivity (Wildman–Crippen MR) is 87.6 cm³/mol. The van der Waals surface area contributed by atoms with Gasteiger partial charge in [-0.1, -0.05) is 29.3 Å². The fourth-order valence-corrected chi connectivity index (χ4v) is 3.75. The summed E-state index contributed by atoms with van der Waals surface area (Å²) in [6.45, 7) is 3.65. The molecule has 0 aliphatic heterocycles. The van der Waals surface area contributed by atoms with Gasteiger partial charge in [0.25, 0.3) is 10.0 Å². The number of aryl methyl sites for hydroxylation is 2. The lowest BCUT2D eigenvalue weighted by Gasteiger charge is -2.13. The molecule has 4 nitrogen and oxygen atoms in total. The highest BCUT2D eigenvalue weighted by atomic mass is 35.5. The Hall–Kier alpha value is -1.43. The molecule has 2 aromatic rings. The van der Waals surface area contributed by atoms with Gasteiger partial charge < -0.3 is 5.73 Å². The fourth-order valence-electron chi connectivity index (χ4n) is 1.86. The summed E-state index contributed by atoms with van der Waals surface area (Å²) in [4.78, 5) is -0.0739. The molecule has 0 radical (unpaired) electrons. The summed E-state index contributed by atoms with van der Waals surface area (Å²) < 4.78 is 27.3. The maximum atomic E-state index is 12.4. The molecule has 0 aromatic heterocycles. The van der Waals surface area contributed by atoms with Crippen molar-refractivity contribution in [3.63, 3.8) is 0 Å². The second-order valence-corrected chi connectivity index (χ2v) is 7.20. The average molecular weight is 345 g/mol. The number of hydrogen-bond donors (Lipinski definition) is 2. The van der Waals surface area contributed by atoms with E-state index in [0.717, 1.165) is 11.1 Å². The molecule has 0 spiro atoms. The first-order chi connectivity index (χ1) is 9.70. The number of rotatable bonds is 3. The molecule has 0 fully saturated rings. The zero-order chi connectivity index (χ0) is 15.8. The van der Waals surface area contributed by atoms with Crippen molar-refractivity contribution in [2.45, 2.75) is 18.7 Å². The van der Waals surface area contributed by atoms with Crippen molar-refractivity contribution in [1.29, 1.82) is 0 Å². The van der Waals surface area contributed by atoms with Crippen LogP contribution in [0.1, 0.15) is 11.1 Å². The summed E-state index contributed by atoms with van der Waals surface area (Å²) in [5.74, 6) is 0. The molecule has 112 valence electrons. The highest BCUT2D eigenvalue weighted by Gasteiger charge is 2.19. The summed E-state index contributed by atoms with van der Waals surface area (Å²) in [5, 5.41) is 0.393. The van der Waals surface area contributed by atoms with Crippen LogP contribution in [0.5, 0.6) is 0 Å². The standard InChI is InChI=1S/C14H14Cl2N2O2S/c1-8-5-9(2)13(7-12(8)17)18-21(19,20)14-6-10(15)3-4-11(14)16/h3-7,18H,17H2,1-2H3. The van der Waals surface area contributed by atoms with Crippen LogP contribution in [0, 0.1) is 13.8 Å². The lowest BCUT2D eigenvalue weighted by molar-refractivity contribution is 0.601. The quantitative estimate of drug-likeness (QED) is 0.826. The first-order valence-corrected chi connectivity index (χ1v) is 8.29. The van der Waals surface area contributed by atoms with Crippen molar-refractivity contribution in [3.8, 4) is 0 Å². The van der Waals surface area contributed by atoms with Crippen molar-refractivity contribution < 1.29 is 8.42 Å². The molecular formula is C14H14Cl2N2O2S. The Balaban J connectivity index is 2.47. The van der Waals surface area contributed by atoms with Gasteiger partial charge in [0.05, 0.1) is 10.7 Å². The Morgan fingerprint density at radius 3 is 2.38 bits per heavy atom. The van der Waals surface area contributed by atoms with E-state index in [4.69, 9.17) is 28.9 Å². The van der Waals surface area contributed by atoms with Gasteiger partial charge in [-0.15, -0.1) is 0 Å². The van der Waals surface area contributed by atoms with Gasteiger partial charge in [0.15, 0.2) is 0 Å². The van der Waals surface area contributed by atoms with E-state index in [1.165, 1.54) is 18.2 Å². The van der Waals surface area contributed by atoms with E-state index in [9.17, 15) is 8.42 Å². The topological polar surface area (TPSA) is 72.2 Å². The number of halogens is 2. The molecule has 0 bridgehead atoms. The van der Waals surface area contributed by atoms with E-state index in [2.05, 4.69) is 4.72 Å². The van der Waals surface area contributed by atoms with Crippen molar-refractivity contribution in [2.75, 3.05) is 10.5 Å². The first-order valence-electron chi connectivity index (χ1n) is 6.05. The molecular weight excluding hydrogens is 331 g/mol. The maximum absolute atomic E-state index is 12.4. The van der Waals surface area contributed by atoms with E-state index in [1.807, 2.05) is 13.0 Å². The van der Waals surface area contributed by atoms with Crippen molar-refractivity contribution >= 4 is 44.6 Å². The first kappa shape index (κ1) is 15.9. The second-order valence-electron chi connectivity index (χ2n) is 4.70. The largest absolute Gasteiger partial charge is 0.398 e. The number of nitrogens with one attached hydrogen (secondary N) is 1. The van der Waals surface area contributed by atoms with E-state index in [1.54, 1.807) is 13.0 Å². The molecule has 21 heavy (non-hydrogen) atoms. The van der Waals surface area contributed by atoms with E-state index < -0.39 is 10.0 Å². The minimum Gasteiger partial charge on any atom is -0.398 e. The Morgan fingerprint density at radius 2 is 1.71 bits per heavy atom. The minimum absolute atomic E-state index is 0.0739. The second kappa shape index (κ2) is 5.75. The van der Waals surface area contributed by atoms with Gasteiger partial charge in [0, 0.05) is 10.7 Å². The molecule has 0 heterocycles. The highest BCUT2D eigenvalue weighted by molar-refractivity contribution is 7.92.